The summed E-state index contributed by atoms with van der Waals surface area (Å²) >= 11 is 0. The van der Waals surface area contributed by atoms with Gasteiger partial charge in [0.2, 0.25) is 11.8 Å². The van der Waals surface area contributed by atoms with Gasteiger partial charge in [0.05, 0.1) is 23.1 Å². The molecule has 1 fully saturated rings. The van der Waals surface area contributed by atoms with Crippen molar-refractivity contribution >= 4 is 35.1 Å². The number of nitrogens with one attached hydrogen (secondary N) is 1. The van der Waals surface area contributed by atoms with Crippen molar-refractivity contribution in [3.63, 3.8) is 0 Å². The summed E-state index contributed by atoms with van der Waals surface area (Å²) in [6, 6.07) is 12.2. The number of anilines is 2. The number of nitrogens with zero attached hydrogens (tertiary/aromatic N) is 1. The highest BCUT2D eigenvalue weighted by Gasteiger charge is 2.50. The summed E-state index contributed by atoms with van der Waals surface area (Å²) in [4.78, 5) is 50.6. The summed E-state index contributed by atoms with van der Waals surface area (Å²) in [5.74, 6) is -2.68. The minimum atomic E-state index is -1.05. The van der Waals surface area contributed by atoms with Gasteiger partial charge < -0.3 is 10.4 Å². The van der Waals surface area contributed by atoms with Gasteiger partial charge in [-0.3, -0.25) is 19.3 Å². The largest absolute Gasteiger partial charge is 0.478 e. The summed E-state index contributed by atoms with van der Waals surface area (Å²) in [6.07, 6.45) is 4.46. The molecular formula is C23H20N2O5. The van der Waals surface area contributed by atoms with Gasteiger partial charge in [-0.05, 0) is 54.8 Å². The number of rotatable bonds is 4. The van der Waals surface area contributed by atoms with Crippen molar-refractivity contribution in [2.24, 2.45) is 17.8 Å². The van der Waals surface area contributed by atoms with Gasteiger partial charge in [0.25, 0.3) is 5.91 Å². The molecule has 3 amide bonds. The van der Waals surface area contributed by atoms with Crippen LogP contribution in [0.4, 0.5) is 11.4 Å². The van der Waals surface area contributed by atoms with Crippen LogP contribution in [-0.2, 0) is 9.59 Å². The minimum Gasteiger partial charge on any atom is -0.478 e. The Balaban J connectivity index is 1.55. The normalized spacial score (nSPS) is 22.7. The molecule has 0 bridgehead atoms. The lowest BCUT2D eigenvalue weighted by molar-refractivity contribution is -0.122. The number of carbonyl (C=O) groups is 4. The smallest absolute Gasteiger partial charge is 0.335 e. The van der Waals surface area contributed by atoms with Crippen LogP contribution in [0.1, 0.15) is 34.1 Å². The highest BCUT2D eigenvalue weighted by atomic mass is 16.4. The average molecular weight is 404 g/mol. The van der Waals surface area contributed by atoms with E-state index in [1.165, 1.54) is 35.2 Å². The number of hydrogen-bond donors (Lipinski definition) is 2. The van der Waals surface area contributed by atoms with Crippen LogP contribution in [0.2, 0.25) is 0 Å². The Morgan fingerprint density at radius 2 is 1.77 bits per heavy atom. The fraction of sp³-hybridized carbons (Fsp3) is 0.217. The van der Waals surface area contributed by atoms with Crippen molar-refractivity contribution in [2.45, 2.75) is 13.3 Å². The summed E-state index contributed by atoms with van der Waals surface area (Å²) in [6.45, 7) is 1.93. The van der Waals surface area contributed by atoms with E-state index in [-0.39, 0.29) is 40.7 Å². The van der Waals surface area contributed by atoms with E-state index in [0.717, 1.165) is 0 Å². The number of hydrogen-bond acceptors (Lipinski definition) is 4. The Morgan fingerprint density at radius 1 is 1.03 bits per heavy atom. The molecular weight excluding hydrogens is 384 g/mol. The zero-order valence-corrected chi connectivity index (χ0v) is 16.2. The van der Waals surface area contributed by atoms with Crippen molar-refractivity contribution in [3.8, 4) is 0 Å². The van der Waals surface area contributed by atoms with Crippen LogP contribution in [0.5, 0.6) is 0 Å². The molecule has 2 aromatic rings. The molecule has 7 nitrogen and oxygen atoms in total. The Hall–Kier alpha value is -3.74. The molecule has 2 N–H and O–H groups in total. The maximum atomic E-state index is 12.9. The first kappa shape index (κ1) is 19.6. The molecule has 0 aromatic heterocycles. The summed E-state index contributed by atoms with van der Waals surface area (Å²) in [7, 11) is 0. The second-order valence-corrected chi connectivity index (χ2v) is 7.55. The number of carboxylic acid groups (broad SMARTS) is 1. The van der Waals surface area contributed by atoms with Crippen LogP contribution in [0, 0.1) is 17.8 Å². The van der Waals surface area contributed by atoms with Gasteiger partial charge in [0.15, 0.2) is 0 Å². The van der Waals surface area contributed by atoms with Crippen molar-refractivity contribution < 1.29 is 24.3 Å². The predicted octanol–water partition coefficient (Wildman–Crippen LogP) is 3.34. The lowest BCUT2D eigenvalue weighted by Crippen LogP contribution is -2.31. The van der Waals surface area contributed by atoms with E-state index in [0.29, 0.717) is 17.8 Å². The maximum Gasteiger partial charge on any atom is 0.335 e. The number of carbonyl (C=O) groups excluding carboxylic acids is 3. The topological polar surface area (TPSA) is 104 Å². The number of amides is 3. The van der Waals surface area contributed by atoms with Crippen LogP contribution < -0.4 is 10.2 Å². The van der Waals surface area contributed by atoms with Crippen LogP contribution in [-0.4, -0.2) is 28.8 Å². The van der Waals surface area contributed by atoms with Gasteiger partial charge in [-0.2, -0.15) is 0 Å². The van der Waals surface area contributed by atoms with Gasteiger partial charge in [-0.15, -0.1) is 0 Å². The fourth-order valence-electron chi connectivity index (χ4n) is 4.09. The third kappa shape index (κ3) is 3.39. The first-order chi connectivity index (χ1) is 14.4. The number of benzene rings is 2. The van der Waals surface area contributed by atoms with E-state index in [4.69, 9.17) is 5.11 Å². The average Bonchev–Trinajstić information content (AvgIpc) is 2.99. The molecule has 3 atom stereocenters. The van der Waals surface area contributed by atoms with Crippen LogP contribution in [0.25, 0.3) is 0 Å². The lowest BCUT2D eigenvalue weighted by atomic mass is 9.78. The second-order valence-electron chi connectivity index (χ2n) is 7.55. The van der Waals surface area contributed by atoms with E-state index in [1.807, 2.05) is 19.1 Å². The van der Waals surface area contributed by atoms with E-state index in [1.54, 1.807) is 18.2 Å². The number of allylic oxidation sites excluding steroid dienone is 2. The first-order valence-electron chi connectivity index (χ1n) is 9.66. The predicted molar refractivity (Wildman–Crippen MR) is 110 cm³/mol. The van der Waals surface area contributed by atoms with Gasteiger partial charge in [-0.25, -0.2) is 4.79 Å². The third-order valence-corrected chi connectivity index (χ3v) is 5.63. The molecule has 2 aromatic carbocycles. The van der Waals surface area contributed by atoms with E-state index in [9.17, 15) is 19.2 Å². The van der Waals surface area contributed by atoms with Crippen molar-refractivity contribution in [1.82, 2.24) is 0 Å². The quantitative estimate of drug-likeness (QED) is 0.601. The summed E-state index contributed by atoms with van der Waals surface area (Å²) in [5, 5.41) is 11.6. The molecule has 2 aliphatic rings. The highest BCUT2D eigenvalue weighted by molar-refractivity contribution is 6.22. The molecule has 0 spiro atoms. The Morgan fingerprint density at radius 3 is 2.43 bits per heavy atom. The van der Waals surface area contributed by atoms with Crippen molar-refractivity contribution in [1.29, 1.82) is 0 Å². The molecule has 0 unspecified atom stereocenters. The van der Waals surface area contributed by atoms with Gasteiger partial charge in [-0.1, -0.05) is 25.1 Å². The zero-order valence-electron chi connectivity index (χ0n) is 16.2. The zero-order chi connectivity index (χ0) is 21.4. The first-order valence-corrected chi connectivity index (χ1v) is 9.66. The highest BCUT2D eigenvalue weighted by Crippen LogP contribution is 2.40. The minimum absolute atomic E-state index is 0.00884. The molecule has 152 valence electrons. The Kier molecular flexibility index (Phi) is 4.95. The van der Waals surface area contributed by atoms with Crippen molar-refractivity contribution in [3.05, 3.63) is 71.8 Å². The van der Waals surface area contributed by atoms with E-state index < -0.39 is 11.9 Å². The Bertz CT molecular complexity index is 1070. The Labute approximate surface area is 173 Å². The number of carboxylic acids is 1. The SMILES string of the molecule is C[C@@H]1C=CC[C@H]2C(=O)N(c3cccc(C(=O)Nc4ccc(C(=O)O)cc4)c3)C(=O)[C@H]12. The number of imide groups is 1. The molecule has 0 radical (unpaired) electrons. The summed E-state index contributed by atoms with van der Waals surface area (Å²) in [5.41, 5.74) is 1.22. The standard InChI is InChI=1S/C23H20N2O5/c1-13-4-2-7-18-19(13)22(28)25(21(18)27)17-6-3-5-15(12-17)20(26)24-16-10-8-14(9-11-16)23(29)30/h2-6,8-13,18-19H,7H2,1H3,(H,24,26)(H,29,30)/t13-,18-,19-/m1/s1. The monoisotopic (exact) mass is 404 g/mol. The van der Waals surface area contributed by atoms with Gasteiger partial charge >= 0.3 is 5.97 Å². The van der Waals surface area contributed by atoms with E-state index in [2.05, 4.69) is 5.32 Å². The van der Waals surface area contributed by atoms with Crippen LogP contribution in [0.3, 0.4) is 0 Å². The summed E-state index contributed by atoms with van der Waals surface area (Å²) < 4.78 is 0. The molecule has 1 saturated heterocycles. The number of fused-ring (bicyclic) bond motifs is 1. The van der Waals surface area contributed by atoms with Gasteiger partial charge in [0.1, 0.15) is 0 Å². The van der Waals surface area contributed by atoms with E-state index >= 15 is 0 Å². The van der Waals surface area contributed by atoms with Crippen LogP contribution >= 0.6 is 0 Å². The second kappa shape index (κ2) is 7.59. The van der Waals surface area contributed by atoms with Crippen molar-refractivity contribution in [2.75, 3.05) is 10.2 Å². The third-order valence-electron chi connectivity index (χ3n) is 5.63. The fourth-order valence-corrected chi connectivity index (χ4v) is 4.09. The lowest BCUT2D eigenvalue weighted by Gasteiger charge is -2.22. The van der Waals surface area contributed by atoms with Gasteiger partial charge in [0, 0.05) is 11.3 Å². The molecule has 1 aliphatic heterocycles. The molecule has 1 heterocycles. The van der Waals surface area contributed by atoms with Crippen LogP contribution in [0.15, 0.2) is 60.7 Å². The molecule has 7 heteroatoms. The number of aromatic carboxylic acids is 1. The molecule has 30 heavy (non-hydrogen) atoms. The molecule has 1 aliphatic carbocycles. The molecule has 4 rings (SSSR count). The maximum absolute atomic E-state index is 12.9. The molecule has 0 saturated carbocycles.